The van der Waals surface area contributed by atoms with E-state index in [-0.39, 0.29) is 6.42 Å². The van der Waals surface area contributed by atoms with Crippen LogP contribution in [0.4, 0.5) is 0 Å². The van der Waals surface area contributed by atoms with Crippen LogP contribution in [0.5, 0.6) is 5.75 Å². The highest BCUT2D eigenvalue weighted by Crippen LogP contribution is 2.23. The molecule has 0 aliphatic carbocycles. The van der Waals surface area contributed by atoms with Gasteiger partial charge in [-0.25, -0.2) is 0 Å². The summed E-state index contributed by atoms with van der Waals surface area (Å²) in [5.74, 6) is -1.50. The molecule has 0 saturated carbocycles. The summed E-state index contributed by atoms with van der Waals surface area (Å²) in [4.78, 5) is 22.0. The molecule has 0 heterocycles. The number of carboxylic acids is 1. The molecule has 5 nitrogen and oxygen atoms in total. The van der Waals surface area contributed by atoms with Crippen molar-refractivity contribution in [1.29, 1.82) is 0 Å². The number of carbonyl (C=O) groups is 2. The second-order valence-corrected chi connectivity index (χ2v) is 4.84. The zero-order valence-corrected chi connectivity index (χ0v) is 11.1. The largest absolute Gasteiger partial charge is 0.493 e. The van der Waals surface area contributed by atoms with Gasteiger partial charge in [-0.3, -0.25) is 9.59 Å². The van der Waals surface area contributed by atoms with Gasteiger partial charge in [0, 0.05) is 6.42 Å². The Bertz CT molecular complexity index is 439. The lowest BCUT2D eigenvalue weighted by Gasteiger charge is -2.12. The van der Waals surface area contributed by atoms with E-state index in [2.05, 4.69) is 0 Å². The smallest absolute Gasteiger partial charge is 0.311 e. The topological polar surface area (TPSA) is 89.6 Å². The van der Waals surface area contributed by atoms with Gasteiger partial charge in [-0.15, -0.1) is 0 Å². The van der Waals surface area contributed by atoms with Crippen LogP contribution in [0.2, 0.25) is 0 Å². The van der Waals surface area contributed by atoms with Gasteiger partial charge in [0.2, 0.25) is 5.91 Å². The van der Waals surface area contributed by atoms with E-state index in [0.29, 0.717) is 23.8 Å². The summed E-state index contributed by atoms with van der Waals surface area (Å²) in [6.45, 7) is 4.69. The molecule has 1 aromatic carbocycles. The van der Waals surface area contributed by atoms with E-state index in [1.807, 2.05) is 13.8 Å². The van der Waals surface area contributed by atoms with Crippen molar-refractivity contribution >= 4 is 11.9 Å². The van der Waals surface area contributed by atoms with Crippen LogP contribution in [0.25, 0.3) is 0 Å². The first-order valence-electron chi connectivity index (χ1n) is 6.14. The van der Waals surface area contributed by atoms with Gasteiger partial charge >= 0.3 is 5.97 Å². The van der Waals surface area contributed by atoms with E-state index in [1.165, 1.54) is 0 Å². The first-order valence-corrected chi connectivity index (χ1v) is 6.14. The fourth-order valence-corrected chi connectivity index (χ4v) is 1.61. The molecule has 0 saturated heterocycles. The second kappa shape index (κ2) is 6.78. The molecule has 1 unspecified atom stereocenters. The summed E-state index contributed by atoms with van der Waals surface area (Å²) in [7, 11) is 0. The van der Waals surface area contributed by atoms with Crippen molar-refractivity contribution in [3.8, 4) is 5.75 Å². The maximum atomic E-state index is 11.1. The number of benzene rings is 1. The average Bonchev–Trinajstić information content (AvgIpc) is 2.33. The molecule has 0 aromatic heterocycles. The first kappa shape index (κ1) is 15.0. The molecule has 1 rings (SSSR count). The van der Waals surface area contributed by atoms with Crippen LogP contribution in [0.1, 0.15) is 31.7 Å². The Balaban J connectivity index is 2.77. The van der Waals surface area contributed by atoms with Crippen LogP contribution in [0.3, 0.4) is 0 Å². The molecule has 3 N–H and O–H groups in total. The van der Waals surface area contributed by atoms with E-state index in [1.54, 1.807) is 24.3 Å². The maximum absolute atomic E-state index is 11.1. The summed E-state index contributed by atoms with van der Waals surface area (Å²) >= 11 is 0. The van der Waals surface area contributed by atoms with E-state index in [0.717, 1.165) is 0 Å². The minimum atomic E-state index is -1.06. The van der Waals surface area contributed by atoms with E-state index < -0.39 is 17.8 Å². The summed E-state index contributed by atoms with van der Waals surface area (Å²) in [5, 5.41) is 9.08. The molecule has 0 spiro atoms. The van der Waals surface area contributed by atoms with Crippen LogP contribution in [0, 0.1) is 5.92 Å². The Morgan fingerprint density at radius 3 is 2.26 bits per heavy atom. The third-order valence-corrected chi connectivity index (χ3v) is 2.57. The predicted molar refractivity (Wildman–Crippen MR) is 71.0 cm³/mol. The number of hydrogen-bond acceptors (Lipinski definition) is 3. The third-order valence-electron chi connectivity index (χ3n) is 2.57. The monoisotopic (exact) mass is 265 g/mol. The SMILES string of the molecule is CC(C)COc1ccc(C(CC(N)=O)C(=O)O)cc1. The Kier molecular flexibility index (Phi) is 5.36. The molecule has 0 fully saturated rings. The molecule has 0 radical (unpaired) electrons. The quantitative estimate of drug-likeness (QED) is 0.786. The standard InChI is InChI=1S/C14H19NO4/c1-9(2)8-19-11-5-3-10(4-6-11)12(14(17)18)7-13(15)16/h3-6,9,12H,7-8H2,1-2H3,(H2,15,16)(H,17,18). The van der Waals surface area contributed by atoms with Gasteiger partial charge in [0.05, 0.1) is 12.5 Å². The van der Waals surface area contributed by atoms with Gasteiger partial charge in [-0.2, -0.15) is 0 Å². The normalized spacial score (nSPS) is 12.2. The summed E-state index contributed by atoms with van der Waals surface area (Å²) < 4.78 is 5.50. The van der Waals surface area contributed by atoms with Crippen molar-refractivity contribution in [1.82, 2.24) is 0 Å². The molecule has 0 bridgehead atoms. The van der Waals surface area contributed by atoms with Gasteiger partial charge in [0.1, 0.15) is 5.75 Å². The lowest BCUT2D eigenvalue weighted by Crippen LogP contribution is -2.20. The minimum absolute atomic E-state index is 0.207. The number of hydrogen-bond donors (Lipinski definition) is 2. The molecule has 0 aliphatic rings. The third kappa shape index (κ3) is 4.99. The van der Waals surface area contributed by atoms with Crippen molar-refractivity contribution in [2.45, 2.75) is 26.2 Å². The number of aliphatic carboxylic acids is 1. The van der Waals surface area contributed by atoms with Gasteiger partial charge in [-0.05, 0) is 23.6 Å². The molecule has 104 valence electrons. The fourth-order valence-electron chi connectivity index (χ4n) is 1.61. The zero-order chi connectivity index (χ0) is 14.4. The van der Waals surface area contributed by atoms with Crippen LogP contribution < -0.4 is 10.5 Å². The summed E-state index contributed by atoms with van der Waals surface area (Å²) in [6, 6.07) is 6.71. The highest BCUT2D eigenvalue weighted by atomic mass is 16.5. The Morgan fingerprint density at radius 1 is 1.26 bits per heavy atom. The number of carboxylic acid groups (broad SMARTS) is 1. The number of ether oxygens (including phenoxy) is 1. The van der Waals surface area contributed by atoms with Crippen molar-refractivity contribution in [2.75, 3.05) is 6.61 Å². The average molecular weight is 265 g/mol. The maximum Gasteiger partial charge on any atom is 0.311 e. The number of primary amides is 1. The van der Waals surface area contributed by atoms with Gasteiger partial charge in [0.25, 0.3) is 0 Å². The lowest BCUT2D eigenvalue weighted by molar-refractivity contribution is -0.140. The lowest BCUT2D eigenvalue weighted by atomic mass is 9.95. The van der Waals surface area contributed by atoms with E-state index in [4.69, 9.17) is 15.6 Å². The van der Waals surface area contributed by atoms with Crippen molar-refractivity contribution in [2.24, 2.45) is 11.7 Å². The molecule has 0 aliphatic heterocycles. The molecule has 5 heteroatoms. The van der Waals surface area contributed by atoms with Crippen LogP contribution in [-0.2, 0) is 9.59 Å². The predicted octanol–water partition coefficient (Wildman–Crippen LogP) is 1.76. The van der Waals surface area contributed by atoms with Gasteiger partial charge in [-0.1, -0.05) is 26.0 Å². The van der Waals surface area contributed by atoms with Crippen LogP contribution in [-0.4, -0.2) is 23.6 Å². The highest BCUT2D eigenvalue weighted by Gasteiger charge is 2.22. The Hall–Kier alpha value is -2.04. The molecular formula is C14H19NO4. The molecule has 19 heavy (non-hydrogen) atoms. The zero-order valence-electron chi connectivity index (χ0n) is 11.1. The summed E-state index contributed by atoms with van der Waals surface area (Å²) in [5.41, 5.74) is 5.60. The highest BCUT2D eigenvalue weighted by molar-refractivity contribution is 5.84. The number of rotatable bonds is 7. The molecule has 1 aromatic rings. The fraction of sp³-hybridized carbons (Fsp3) is 0.429. The van der Waals surface area contributed by atoms with Gasteiger partial charge < -0.3 is 15.6 Å². The van der Waals surface area contributed by atoms with E-state index >= 15 is 0 Å². The first-order chi connectivity index (χ1) is 8.90. The van der Waals surface area contributed by atoms with Crippen molar-refractivity contribution in [3.63, 3.8) is 0 Å². The Labute approximate surface area is 112 Å². The molecule has 1 amide bonds. The van der Waals surface area contributed by atoms with E-state index in [9.17, 15) is 9.59 Å². The van der Waals surface area contributed by atoms with Crippen LogP contribution in [0.15, 0.2) is 24.3 Å². The molecule has 1 atom stereocenters. The summed E-state index contributed by atoms with van der Waals surface area (Å²) in [6.07, 6.45) is -0.207. The number of nitrogens with two attached hydrogens (primary N) is 1. The van der Waals surface area contributed by atoms with Crippen LogP contribution >= 0.6 is 0 Å². The Morgan fingerprint density at radius 2 is 1.84 bits per heavy atom. The minimum Gasteiger partial charge on any atom is -0.493 e. The van der Waals surface area contributed by atoms with Crippen molar-refractivity contribution in [3.05, 3.63) is 29.8 Å². The number of amides is 1. The second-order valence-electron chi connectivity index (χ2n) is 4.84. The number of carbonyl (C=O) groups excluding carboxylic acids is 1. The molecular weight excluding hydrogens is 246 g/mol. The van der Waals surface area contributed by atoms with Gasteiger partial charge in [0.15, 0.2) is 0 Å². The van der Waals surface area contributed by atoms with Crippen molar-refractivity contribution < 1.29 is 19.4 Å².